The number of hydrogen-bond donors (Lipinski definition) is 2. The van der Waals surface area contributed by atoms with Crippen LogP contribution in [0.25, 0.3) is 10.9 Å². The summed E-state index contributed by atoms with van der Waals surface area (Å²) in [5.41, 5.74) is -0.242. The third kappa shape index (κ3) is 3.99. The summed E-state index contributed by atoms with van der Waals surface area (Å²) in [6, 6.07) is 9.33. The number of amides is 1. The molecule has 1 unspecified atom stereocenters. The maximum Gasteiger partial charge on any atom is 0.267 e. The molecule has 3 heterocycles. The standard InChI is InChI=1S/C21H22FN3O3/c22-17-7-1-6-16-19(26)10-18(24-20(16)17)21(27)23-11-14-4-2-8-25(12-14)13-15-5-3-9-28-15/h1,3,5-7,9-10,14H,2,4,8,11-13H2,(H,23,27)(H,24,26). The van der Waals surface area contributed by atoms with Gasteiger partial charge in [0.15, 0.2) is 5.43 Å². The molecule has 0 radical (unpaired) electrons. The maximum absolute atomic E-state index is 14.0. The van der Waals surface area contributed by atoms with Gasteiger partial charge in [-0.3, -0.25) is 14.5 Å². The molecule has 3 aromatic rings. The van der Waals surface area contributed by atoms with Gasteiger partial charge >= 0.3 is 0 Å². The van der Waals surface area contributed by atoms with E-state index in [2.05, 4.69) is 15.2 Å². The Bertz CT molecular complexity index is 1030. The average Bonchev–Trinajstić information content (AvgIpc) is 3.20. The molecule has 0 spiro atoms. The number of furan rings is 1. The number of nitrogens with zero attached hydrogens (tertiary/aromatic N) is 1. The number of pyridine rings is 1. The number of para-hydroxylation sites is 1. The number of piperidine rings is 1. The summed E-state index contributed by atoms with van der Waals surface area (Å²) in [4.78, 5) is 29.7. The van der Waals surface area contributed by atoms with E-state index < -0.39 is 11.7 Å². The normalized spacial score (nSPS) is 17.7. The number of nitrogens with one attached hydrogen (secondary N) is 2. The van der Waals surface area contributed by atoms with Crippen molar-refractivity contribution in [2.24, 2.45) is 5.92 Å². The molecule has 4 rings (SSSR count). The summed E-state index contributed by atoms with van der Waals surface area (Å²) >= 11 is 0. The molecular formula is C21H22FN3O3. The number of fused-ring (bicyclic) bond motifs is 1. The first-order valence-electron chi connectivity index (χ1n) is 9.44. The zero-order chi connectivity index (χ0) is 19.5. The number of rotatable bonds is 5. The minimum atomic E-state index is -0.551. The largest absolute Gasteiger partial charge is 0.468 e. The number of carbonyl (C=O) groups is 1. The molecule has 0 aliphatic carbocycles. The molecule has 1 saturated heterocycles. The predicted molar refractivity (Wildman–Crippen MR) is 104 cm³/mol. The highest BCUT2D eigenvalue weighted by Crippen LogP contribution is 2.18. The van der Waals surface area contributed by atoms with Crippen LogP contribution in [0.2, 0.25) is 0 Å². The Balaban J connectivity index is 1.39. The second-order valence-electron chi connectivity index (χ2n) is 7.24. The smallest absolute Gasteiger partial charge is 0.267 e. The minimum Gasteiger partial charge on any atom is -0.468 e. The van der Waals surface area contributed by atoms with Gasteiger partial charge in [0.1, 0.15) is 17.3 Å². The first kappa shape index (κ1) is 18.4. The molecule has 1 amide bonds. The molecule has 1 fully saturated rings. The number of carbonyl (C=O) groups excluding carboxylic acids is 1. The van der Waals surface area contributed by atoms with E-state index in [1.54, 1.807) is 6.26 Å². The Morgan fingerprint density at radius 1 is 1.32 bits per heavy atom. The van der Waals surface area contributed by atoms with Gasteiger partial charge in [-0.25, -0.2) is 4.39 Å². The minimum absolute atomic E-state index is 0.0578. The highest BCUT2D eigenvalue weighted by Gasteiger charge is 2.21. The molecule has 1 atom stereocenters. The lowest BCUT2D eigenvalue weighted by Crippen LogP contribution is -2.40. The van der Waals surface area contributed by atoms with Crippen molar-refractivity contribution in [1.82, 2.24) is 15.2 Å². The molecule has 28 heavy (non-hydrogen) atoms. The van der Waals surface area contributed by atoms with Gasteiger partial charge in [-0.15, -0.1) is 0 Å². The zero-order valence-corrected chi connectivity index (χ0v) is 15.4. The summed E-state index contributed by atoms with van der Waals surface area (Å²) in [7, 11) is 0. The monoisotopic (exact) mass is 383 g/mol. The number of H-pyrrole nitrogens is 1. The molecule has 2 aromatic heterocycles. The van der Waals surface area contributed by atoms with Crippen LogP contribution in [0.1, 0.15) is 29.1 Å². The lowest BCUT2D eigenvalue weighted by Gasteiger charge is -2.32. The molecular weight excluding hydrogens is 361 g/mol. The van der Waals surface area contributed by atoms with Crippen molar-refractivity contribution in [3.63, 3.8) is 0 Å². The van der Waals surface area contributed by atoms with E-state index in [9.17, 15) is 14.0 Å². The Hall–Kier alpha value is -2.93. The fourth-order valence-electron chi connectivity index (χ4n) is 3.78. The molecule has 0 bridgehead atoms. The van der Waals surface area contributed by atoms with Crippen LogP contribution in [0.5, 0.6) is 0 Å². The van der Waals surface area contributed by atoms with Gasteiger partial charge in [0.2, 0.25) is 0 Å². The molecule has 0 saturated carbocycles. The van der Waals surface area contributed by atoms with E-state index in [0.29, 0.717) is 12.5 Å². The average molecular weight is 383 g/mol. The van der Waals surface area contributed by atoms with Crippen molar-refractivity contribution < 1.29 is 13.6 Å². The van der Waals surface area contributed by atoms with Crippen LogP contribution >= 0.6 is 0 Å². The van der Waals surface area contributed by atoms with Gasteiger partial charge in [-0.1, -0.05) is 6.07 Å². The van der Waals surface area contributed by atoms with E-state index in [1.165, 1.54) is 24.3 Å². The van der Waals surface area contributed by atoms with Gasteiger partial charge in [-0.05, 0) is 49.6 Å². The van der Waals surface area contributed by atoms with Gasteiger partial charge in [0.25, 0.3) is 5.91 Å². The highest BCUT2D eigenvalue weighted by molar-refractivity contribution is 5.94. The Morgan fingerprint density at radius 3 is 3.04 bits per heavy atom. The number of likely N-dealkylation sites (tertiary alicyclic amines) is 1. The van der Waals surface area contributed by atoms with E-state index in [4.69, 9.17) is 4.42 Å². The summed E-state index contributed by atoms with van der Waals surface area (Å²) in [5.74, 6) is 0.299. The van der Waals surface area contributed by atoms with Crippen LogP contribution in [-0.4, -0.2) is 35.4 Å². The van der Waals surface area contributed by atoms with Crippen LogP contribution in [0, 0.1) is 11.7 Å². The molecule has 1 aliphatic heterocycles. The first-order valence-corrected chi connectivity index (χ1v) is 9.44. The van der Waals surface area contributed by atoms with Crippen molar-refractivity contribution in [2.75, 3.05) is 19.6 Å². The van der Waals surface area contributed by atoms with Crippen LogP contribution in [0.3, 0.4) is 0 Å². The van der Waals surface area contributed by atoms with Gasteiger partial charge in [0.05, 0.1) is 18.3 Å². The summed E-state index contributed by atoms with van der Waals surface area (Å²) < 4.78 is 19.4. The van der Waals surface area contributed by atoms with Crippen LogP contribution in [0.15, 0.2) is 51.9 Å². The third-order valence-electron chi connectivity index (χ3n) is 5.17. The van der Waals surface area contributed by atoms with E-state index in [0.717, 1.165) is 38.2 Å². The maximum atomic E-state index is 14.0. The second kappa shape index (κ2) is 7.98. The number of aromatic amines is 1. The van der Waals surface area contributed by atoms with Gasteiger partial charge in [0, 0.05) is 24.5 Å². The van der Waals surface area contributed by atoms with Crippen LogP contribution < -0.4 is 10.7 Å². The Morgan fingerprint density at radius 2 is 2.21 bits per heavy atom. The van der Waals surface area contributed by atoms with Crippen molar-refractivity contribution >= 4 is 16.8 Å². The molecule has 6 nitrogen and oxygen atoms in total. The van der Waals surface area contributed by atoms with E-state index in [1.807, 2.05) is 12.1 Å². The van der Waals surface area contributed by atoms with Crippen molar-refractivity contribution in [1.29, 1.82) is 0 Å². The summed E-state index contributed by atoms with van der Waals surface area (Å²) in [6.07, 6.45) is 3.75. The SMILES string of the molecule is O=C(NCC1CCCN(Cc2ccco2)C1)c1cc(=O)c2cccc(F)c2[nH]1. The van der Waals surface area contributed by atoms with Crippen LogP contribution in [0.4, 0.5) is 4.39 Å². The topological polar surface area (TPSA) is 78.3 Å². The zero-order valence-electron chi connectivity index (χ0n) is 15.4. The van der Waals surface area contributed by atoms with E-state index >= 15 is 0 Å². The predicted octanol–water partition coefficient (Wildman–Crippen LogP) is 2.90. The van der Waals surface area contributed by atoms with Crippen molar-refractivity contribution in [2.45, 2.75) is 19.4 Å². The molecule has 1 aliphatic rings. The fourth-order valence-corrected chi connectivity index (χ4v) is 3.78. The lowest BCUT2D eigenvalue weighted by atomic mass is 9.98. The molecule has 146 valence electrons. The van der Waals surface area contributed by atoms with Crippen molar-refractivity contribution in [3.05, 3.63) is 70.2 Å². The molecule has 2 N–H and O–H groups in total. The summed E-state index contributed by atoms with van der Waals surface area (Å²) in [6.45, 7) is 3.13. The fraction of sp³-hybridized carbons (Fsp3) is 0.333. The molecule has 7 heteroatoms. The van der Waals surface area contributed by atoms with E-state index in [-0.39, 0.29) is 22.0 Å². The van der Waals surface area contributed by atoms with Crippen molar-refractivity contribution in [3.8, 4) is 0 Å². The number of aromatic nitrogens is 1. The van der Waals surface area contributed by atoms with Crippen LogP contribution in [-0.2, 0) is 6.54 Å². The Labute approximate surface area is 161 Å². The summed E-state index contributed by atoms with van der Waals surface area (Å²) in [5, 5.41) is 3.11. The number of benzene rings is 1. The molecule has 1 aromatic carbocycles. The quantitative estimate of drug-likeness (QED) is 0.710. The highest BCUT2D eigenvalue weighted by atomic mass is 19.1. The number of hydrogen-bond acceptors (Lipinski definition) is 4. The first-order chi connectivity index (χ1) is 13.6. The second-order valence-corrected chi connectivity index (χ2v) is 7.24. The third-order valence-corrected chi connectivity index (χ3v) is 5.17. The van der Waals surface area contributed by atoms with Gasteiger partial charge < -0.3 is 14.7 Å². The Kier molecular flexibility index (Phi) is 5.25. The number of halogens is 1. The van der Waals surface area contributed by atoms with Gasteiger partial charge in [-0.2, -0.15) is 0 Å². The lowest BCUT2D eigenvalue weighted by molar-refractivity contribution is 0.0923.